The number of fused-ring (bicyclic) bond motifs is 1. The highest BCUT2D eigenvalue weighted by molar-refractivity contribution is 5.85. The van der Waals surface area contributed by atoms with E-state index in [1.165, 1.54) is 36.9 Å². The van der Waals surface area contributed by atoms with Gasteiger partial charge in [0.15, 0.2) is 0 Å². The number of nitrogens with one attached hydrogen (secondary N) is 2. The molecule has 32 heavy (non-hydrogen) atoms. The van der Waals surface area contributed by atoms with Crippen LogP contribution in [0, 0.1) is 0 Å². The summed E-state index contributed by atoms with van der Waals surface area (Å²) in [6.07, 6.45) is 6.87. The SMILES string of the molecule is COc1ccc2cnc(Nc3ccc(N4CCNC(C)(C)C4)cc3)nc2c1C1CCCC1. The molecule has 0 unspecified atom stereocenters. The molecule has 6 heteroatoms. The number of ether oxygens (including phenoxy) is 1. The van der Waals surface area contributed by atoms with E-state index in [9.17, 15) is 0 Å². The van der Waals surface area contributed by atoms with E-state index in [2.05, 4.69) is 70.8 Å². The number of piperazine rings is 1. The van der Waals surface area contributed by atoms with Crippen molar-refractivity contribution >= 4 is 28.2 Å². The fourth-order valence-electron chi connectivity index (χ4n) is 5.19. The molecule has 3 aromatic rings. The Balaban J connectivity index is 1.40. The predicted molar refractivity (Wildman–Crippen MR) is 131 cm³/mol. The highest BCUT2D eigenvalue weighted by Gasteiger charge is 2.26. The average molecular weight is 432 g/mol. The molecule has 0 spiro atoms. The molecule has 2 aromatic carbocycles. The molecule has 0 bridgehead atoms. The Morgan fingerprint density at radius 3 is 2.59 bits per heavy atom. The van der Waals surface area contributed by atoms with Crippen LogP contribution in [0.2, 0.25) is 0 Å². The first-order valence-electron chi connectivity index (χ1n) is 11.7. The molecule has 2 aliphatic rings. The van der Waals surface area contributed by atoms with Crippen LogP contribution in [-0.2, 0) is 0 Å². The van der Waals surface area contributed by atoms with Crippen molar-refractivity contribution in [2.45, 2.75) is 51.0 Å². The summed E-state index contributed by atoms with van der Waals surface area (Å²) in [4.78, 5) is 11.9. The highest BCUT2D eigenvalue weighted by atomic mass is 16.5. The van der Waals surface area contributed by atoms with E-state index in [4.69, 9.17) is 9.72 Å². The van der Waals surface area contributed by atoms with Gasteiger partial charge in [-0.05, 0) is 69.0 Å². The second-order valence-corrected chi connectivity index (χ2v) is 9.70. The molecule has 1 saturated heterocycles. The Morgan fingerprint density at radius 1 is 1.09 bits per heavy atom. The second-order valence-electron chi connectivity index (χ2n) is 9.70. The third-order valence-electron chi connectivity index (χ3n) is 6.80. The minimum absolute atomic E-state index is 0.131. The lowest BCUT2D eigenvalue weighted by Gasteiger charge is -2.40. The van der Waals surface area contributed by atoms with E-state index in [0.717, 1.165) is 42.0 Å². The standard InChI is InChI=1S/C26H33N5O/c1-26(2)17-31(15-14-28-26)21-11-9-20(10-12-21)29-25-27-16-19-8-13-22(32-3)23(24(19)30-25)18-6-4-5-7-18/h8-13,16,18,28H,4-7,14-15,17H2,1-3H3,(H,27,29,30). The largest absolute Gasteiger partial charge is 0.496 e. The number of nitrogens with zero attached hydrogens (tertiary/aromatic N) is 3. The van der Waals surface area contributed by atoms with Gasteiger partial charge < -0.3 is 20.3 Å². The molecule has 0 atom stereocenters. The molecule has 168 valence electrons. The Kier molecular flexibility index (Phi) is 5.64. The average Bonchev–Trinajstić information content (AvgIpc) is 3.32. The summed E-state index contributed by atoms with van der Waals surface area (Å²) in [5, 5.41) is 8.04. The van der Waals surface area contributed by atoms with Crippen LogP contribution in [-0.4, -0.2) is 42.3 Å². The fraction of sp³-hybridized carbons (Fsp3) is 0.462. The van der Waals surface area contributed by atoms with E-state index in [-0.39, 0.29) is 5.54 Å². The van der Waals surface area contributed by atoms with E-state index in [1.807, 2.05) is 6.20 Å². The topological polar surface area (TPSA) is 62.3 Å². The number of rotatable bonds is 5. The number of hydrogen-bond acceptors (Lipinski definition) is 6. The van der Waals surface area contributed by atoms with E-state index in [0.29, 0.717) is 11.9 Å². The van der Waals surface area contributed by atoms with Crippen molar-refractivity contribution < 1.29 is 4.74 Å². The lowest BCUT2D eigenvalue weighted by molar-refractivity contribution is 0.353. The zero-order valence-corrected chi connectivity index (χ0v) is 19.3. The lowest BCUT2D eigenvalue weighted by Crippen LogP contribution is -2.57. The monoisotopic (exact) mass is 431 g/mol. The van der Waals surface area contributed by atoms with Crippen LogP contribution in [0.3, 0.4) is 0 Å². The summed E-state index contributed by atoms with van der Waals surface area (Å²) in [7, 11) is 1.75. The maximum Gasteiger partial charge on any atom is 0.227 e. The van der Waals surface area contributed by atoms with E-state index >= 15 is 0 Å². The maximum absolute atomic E-state index is 5.72. The van der Waals surface area contributed by atoms with Gasteiger partial charge in [0.1, 0.15) is 5.75 Å². The maximum atomic E-state index is 5.72. The highest BCUT2D eigenvalue weighted by Crippen LogP contribution is 2.42. The van der Waals surface area contributed by atoms with Crippen molar-refractivity contribution in [3.05, 3.63) is 48.2 Å². The lowest BCUT2D eigenvalue weighted by atomic mass is 9.94. The summed E-state index contributed by atoms with van der Waals surface area (Å²) < 4.78 is 5.72. The van der Waals surface area contributed by atoms with Crippen LogP contribution < -0.4 is 20.3 Å². The molecule has 2 heterocycles. The minimum atomic E-state index is 0.131. The molecule has 0 amide bonds. The minimum Gasteiger partial charge on any atom is -0.496 e. The van der Waals surface area contributed by atoms with Gasteiger partial charge in [0.2, 0.25) is 5.95 Å². The molecule has 5 rings (SSSR count). The van der Waals surface area contributed by atoms with Gasteiger partial charge in [-0.3, -0.25) is 0 Å². The number of methoxy groups -OCH3 is 1. The van der Waals surface area contributed by atoms with Crippen molar-refractivity contribution in [2.75, 3.05) is 37.0 Å². The molecule has 1 aliphatic carbocycles. The summed E-state index contributed by atoms with van der Waals surface area (Å²) in [5.74, 6) is 2.08. The van der Waals surface area contributed by atoms with Gasteiger partial charge in [-0.25, -0.2) is 9.97 Å². The summed E-state index contributed by atoms with van der Waals surface area (Å²) in [6.45, 7) is 7.53. The van der Waals surface area contributed by atoms with Crippen LogP contribution in [0.5, 0.6) is 5.75 Å². The van der Waals surface area contributed by atoms with Crippen LogP contribution in [0.4, 0.5) is 17.3 Å². The van der Waals surface area contributed by atoms with Crippen molar-refractivity contribution in [1.29, 1.82) is 0 Å². The Bertz CT molecular complexity index is 1090. The molecular formula is C26H33N5O. The summed E-state index contributed by atoms with van der Waals surface area (Å²) >= 11 is 0. The van der Waals surface area contributed by atoms with Gasteiger partial charge in [-0.15, -0.1) is 0 Å². The van der Waals surface area contributed by atoms with Gasteiger partial charge in [0, 0.05) is 53.7 Å². The molecular weight excluding hydrogens is 398 g/mol. The third-order valence-corrected chi connectivity index (χ3v) is 6.80. The zero-order chi connectivity index (χ0) is 22.1. The van der Waals surface area contributed by atoms with Gasteiger partial charge in [-0.2, -0.15) is 0 Å². The van der Waals surface area contributed by atoms with E-state index in [1.54, 1.807) is 7.11 Å². The van der Waals surface area contributed by atoms with Gasteiger partial charge >= 0.3 is 0 Å². The van der Waals surface area contributed by atoms with Crippen LogP contribution in [0.15, 0.2) is 42.6 Å². The Labute approximate surface area is 190 Å². The van der Waals surface area contributed by atoms with Gasteiger partial charge in [-0.1, -0.05) is 12.8 Å². The van der Waals surface area contributed by atoms with Crippen LogP contribution in [0.1, 0.15) is 51.0 Å². The second kappa shape index (κ2) is 8.58. The molecule has 1 aromatic heterocycles. The summed E-state index contributed by atoms with van der Waals surface area (Å²) in [5.41, 5.74) is 4.62. The Morgan fingerprint density at radius 2 is 1.88 bits per heavy atom. The summed E-state index contributed by atoms with van der Waals surface area (Å²) in [6, 6.07) is 12.7. The van der Waals surface area contributed by atoms with Gasteiger partial charge in [0.05, 0.1) is 12.6 Å². The van der Waals surface area contributed by atoms with Crippen molar-refractivity contribution in [3.8, 4) is 5.75 Å². The van der Waals surface area contributed by atoms with Crippen LogP contribution in [0.25, 0.3) is 10.9 Å². The zero-order valence-electron chi connectivity index (χ0n) is 19.3. The Hall–Kier alpha value is -2.86. The van der Waals surface area contributed by atoms with Gasteiger partial charge in [0.25, 0.3) is 0 Å². The number of anilines is 3. The fourth-order valence-corrected chi connectivity index (χ4v) is 5.19. The first-order valence-corrected chi connectivity index (χ1v) is 11.7. The number of aromatic nitrogens is 2. The number of hydrogen-bond donors (Lipinski definition) is 2. The quantitative estimate of drug-likeness (QED) is 0.577. The molecule has 6 nitrogen and oxygen atoms in total. The molecule has 2 fully saturated rings. The van der Waals surface area contributed by atoms with Crippen molar-refractivity contribution in [2.24, 2.45) is 0 Å². The van der Waals surface area contributed by atoms with E-state index < -0.39 is 0 Å². The number of benzene rings is 2. The van der Waals surface area contributed by atoms with Crippen molar-refractivity contribution in [3.63, 3.8) is 0 Å². The predicted octanol–water partition coefficient (Wildman–Crippen LogP) is 5.23. The van der Waals surface area contributed by atoms with Crippen LogP contribution >= 0.6 is 0 Å². The first kappa shape index (κ1) is 21.0. The molecule has 2 N–H and O–H groups in total. The van der Waals surface area contributed by atoms with Crippen molar-refractivity contribution in [1.82, 2.24) is 15.3 Å². The molecule has 0 radical (unpaired) electrons. The third kappa shape index (κ3) is 4.24. The smallest absolute Gasteiger partial charge is 0.227 e. The normalized spacial score (nSPS) is 18.8. The molecule has 1 aliphatic heterocycles. The first-order chi connectivity index (χ1) is 15.5. The molecule has 1 saturated carbocycles.